The van der Waals surface area contributed by atoms with Crippen LogP contribution >= 0.6 is 0 Å². The van der Waals surface area contributed by atoms with Gasteiger partial charge in [-0.05, 0) is 38.1 Å². The van der Waals surface area contributed by atoms with Crippen molar-refractivity contribution in [3.8, 4) is 5.69 Å². The number of para-hydroxylation sites is 3. The average molecular weight is 436 g/mol. The van der Waals surface area contributed by atoms with Crippen LogP contribution in [0.5, 0.6) is 0 Å². The number of hydrogen-bond acceptors (Lipinski definition) is 3. The molecular formula is C27H25N5O. The number of hydrogen-bond donors (Lipinski definition) is 1. The quantitative estimate of drug-likeness (QED) is 0.297. The zero-order valence-corrected chi connectivity index (χ0v) is 18.7. The molecule has 0 saturated carbocycles. The molecule has 6 nitrogen and oxygen atoms in total. The highest BCUT2D eigenvalue weighted by Crippen LogP contribution is 2.28. The third kappa shape index (κ3) is 3.91. The van der Waals surface area contributed by atoms with Gasteiger partial charge in [0.1, 0.15) is 0 Å². The maximum absolute atomic E-state index is 12.5. The van der Waals surface area contributed by atoms with Crippen LogP contribution in [0.3, 0.4) is 0 Å². The number of carbonyl (C=O) groups excluding carboxylic acids is 1. The Kier molecular flexibility index (Phi) is 5.48. The van der Waals surface area contributed by atoms with Gasteiger partial charge >= 0.3 is 0 Å². The molecule has 0 spiro atoms. The number of rotatable bonds is 6. The Morgan fingerprint density at radius 1 is 0.909 bits per heavy atom. The van der Waals surface area contributed by atoms with Crippen molar-refractivity contribution in [1.82, 2.24) is 19.8 Å². The van der Waals surface area contributed by atoms with Crippen molar-refractivity contribution in [2.45, 2.75) is 26.8 Å². The van der Waals surface area contributed by atoms with Crippen LogP contribution in [0.4, 0.5) is 0 Å². The maximum atomic E-state index is 12.5. The van der Waals surface area contributed by atoms with Crippen molar-refractivity contribution < 1.29 is 4.79 Å². The van der Waals surface area contributed by atoms with E-state index in [2.05, 4.69) is 44.5 Å². The van der Waals surface area contributed by atoms with Gasteiger partial charge in [0.25, 0.3) is 0 Å². The summed E-state index contributed by atoms with van der Waals surface area (Å²) in [7, 11) is 0. The number of amides is 1. The average Bonchev–Trinajstić information content (AvgIpc) is 3.32. The zero-order chi connectivity index (χ0) is 22.8. The van der Waals surface area contributed by atoms with E-state index in [-0.39, 0.29) is 5.91 Å². The molecule has 6 heteroatoms. The zero-order valence-electron chi connectivity index (χ0n) is 18.7. The molecule has 2 heterocycles. The molecule has 5 aromatic rings. The highest BCUT2D eigenvalue weighted by molar-refractivity contribution is 6.08. The summed E-state index contributed by atoms with van der Waals surface area (Å²) in [6, 6.07) is 26.6. The van der Waals surface area contributed by atoms with Crippen molar-refractivity contribution in [2.75, 3.05) is 0 Å². The predicted molar refractivity (Wildman–Crippen MR) is 133 cm³/mol. The standard InChI is InChI=1S/C27H25N5O/c1-19-24(20(2)32(30-19)21-10-4-3-5-11-21)18-28-29-27(33)16-17-31-25-14-8-6-12-22(25)23-13-7-9-15-26(23)31/h3-15,18H,16-17H2,1-2H3,(H,29,33)/b28-18-. The second-order valence-corrected chi connectivity index (χ2v) is 8.06. The van der Waals surface area contributed by atoms with Crippen LogP contribution in [0.1, 0.15) is 23.4 Å². The largest absolute Gasteiger partial charge is 0.340 e. The van der Waals surface area contributed by atoms with Crippen molar-refractivity contribution in [2.24, 2.45) is 5.10 Å². The molecular weight excluding hydrogens is 410 g/mol. The fourth-order valence-electron chi connectivity index (χ4n) is 4.34. The van der Waals surface area contributed by atoms with Gasteiger partial charge in [0.15, 0.2) is 0 Å². The predicted octanol–water partition coefficient (Wildman–Crippen LogP) is 5.14. The summed E-state index contributed by atoms with van der Waals surface area (Å²) in [5.41, 5.74) is 8.67. The number of nitrogens with one attached hydrogen (secondary N) is 1. The Labute approximate surface area is 192 Å². The first kappa shape index (κ1) is 20.7. The SMILES string of the molecule is Cc1nn(-c2ccccc2)c(C)c1/C=N\NC(=O)CCn1c2ccccc2c2ccccc21. The van der Waals surface area contributed by atoms with Crippen molar-refractivity contribution in [3.63, 3.8) is 0 Å². The lowest BCUT2D eigenvalue weighted by atomic mass is 10.2. The molecule has 0 atom stereocenters. The third-order valence-electron chi connectivity index (χ3n) is 5.97. The topological polar surface area (TPSA) is 64.2 Å². The maximum Gasteiger partial charge on any atom is 0.241 e. The van der Waals surface area contributed by atoms with Gasteiger partial charge in [0, 0.05) is 40.3 Å². The first-order chi connectivity index (χ1) is 16.1. The molecule has 0 aliphatic rings. The van der Waals surface area contributed by atoms with Crippen molar-refractivity contribution in [1.29, 1.82) is 0 Å². The first-order valence-electron chi connectivity index (χ1n) is 11.0. The van der Waals surface area contributed by atoms with Crippen LogP contribution in [-0.4, -0.2) is 26.5 Å². The van der Waals surface area contributed by atoms with E-state index in [4.69, 9.17) is 0 Å². The molecule has 2 aromatic heterocycles. The van der Waals surface area contributed by atoms with Crippen LogP contribution in [0.15, 0.2) is 84.0 Å². The van der Waals surface area contributed by atoms with Gasteiger partial charge in [0.05, 0.1) is 23.3 Å². The summed E-state index contributed by atoms with van der Waals surface area (Å²) in [4.78, 5) is 12.5. The molecule has 1 amide bonds. The van der Waals surface area contributed by atoms with Gasteiger partial charge in [-0.25, -0.2) is 10.1 Å². The van der Waals surface area contributed by atoms with Crippen LogP contribution < -0.4 is 5.43 Å². The lowest BCUT2D eigenvalue weighted by Gasteiger charge is -2.06. The van der Waals surface area contributed by atoms with E-state index in [0.29, 0.717) is 13.0 Å². The van der Waals surface area contributed by atoms with Crippen molar-refractivity contribution in [3.05, 3.63) is 95.8 Å². The summed E-state index contributed by atoms with van der Waals surface area (Å²) in [6.45, 7) is 4.52. The highest BCUT2D eigenvalue weighted by Gasteiger charge is 2.12. The van der Waals surface area contributed by atoms with Gasteiger partial charge < -0.3 is 4.57 Å². The molecule has 0 bridgehead atoms. The van der Waals surface area contributed by atoms with Gasteiger partial charge in [-0.1, -0.05) is 54.6 Å². The molecule has 0 fully saturated rings. The molecule has 5 rings (SSSR count). The first-order valence-corrected chi connectivity index (χ1v) is 11.0. The van der Waals surface area contributed by atoms with E-state index in [1.807, 2.05) is 73.1 Å². The second kappa shape index (κ2) is 8.74. The summed E-state index contributed by atoms with van der Waals surface area (Å²) in [5.74, 6) is -0.126. The molecule has 33 heavy (non-hydrogen) atoms. The van der Waals surface area contributed by atoms with E-state index in [1.54, 1.807) is 6.21 Å². The van der Waals surface area contributed by atoms with Crippen molar-refractivity contribution >= 4 is 33.9 Å². The fourth-order valence-corrected chi connectivity index (χ4v) is 4.34. The van der Waals surface area contributed by atoms with Crippen LogP contribution in [0.25, 0.3) is 27.5 Å². The normalized spacial score (nSPS) is 11.6. The van der Waals surface area contributed by atoms with E-state index in [9.17, 15) is 4.79 Å². The van der Waals surface area contributed by atoms with Gasteiger partial charge in [0.2, 0.25) is 5.91 Å². The number of aryl methyl sites for hydroxylation is 2. The number of hydrazone groups is 1. The Morgan fingerprint density at radius 2 is 1.52 bits per heavy atom. The third-order valence-corrected chi connectivity index (χ3v) is 5.97. The molecule has 0 aliphatic carbocycles. The van der Waals surface area contributed by atoms with Gasteiger partial charge in [-0.2, -0.15) is 10.2 Å². The number of aromatic nitrogens is 3. The van der Waals surface area contributed by atoms with Crippen LogP contribution in [0.2, 0.25) is 0 Å². The lowest BCUT2D eigenvalue weighted by molar-refractivity contribution is -0.121. The molecule has 0 unspecified atom stereocenters. The highest BCUT2D eigenvalue weighted by atomic mass is 16.2. The lowest BCUT2D eigenvalue weighted by Crippen LogP contribution is -2.19. The van der Waals surface area contributed by atoms with Gasteiger partial charge in [-0.3, -0.25) is 4.79 Å². The Hall–Kier alpha value is -4.19. The van der Waals surface area contributed by atoms with E-state index >= 15 is 0 Å². The molecule has 0 radical (unpaired) electrons. The van der Waals surface area contributed by atoms with Crippen LogP contribution in [-0.2, 0) is 11.3 Å². The minimum Gasteiger partial charge on any atom is -0.340 e. The Balaban J connectivity index is 1.29. The molecule has 3 aromatic carbocycles. The smallest absolute Gasteiger partial charge is 0.241 e. The number of fused-ring (bicyclic) bond motifs is 3. The van der Waals surface area contributed by atoms with Gasteiger partial charge in [-0.15, -0.1) is 0 Å². The van der Waals surface area contributed by atoms with Crippen LogP contribution in [0, 0.1) is 13.8 Å². The Morgan fingerprint density at radius 3 is 2.18 bits per heavy atom. The molecule has 1 N–H and O–H groups in total. The minimum atomic E-state index is -0.126. The molecule has 164 valence electrons. The fraction of sp³-hybridized carbons (Fsp3) is 0.148. The molecule has 0 saturated heterocycles. The Bertz CT molecular complexity index is 1420. The number of carbonyl (C=O) groups is 1. The number of nitrogens with zero attached hydrogens (tertiary/aromatic N) is 4. The molecule has 0 aliphatic heterocycles. The summed E-state index contributed by atoms with van der Waals surface area (Å²) < 4.78 is 4.09. The second-order valence-electron chi connectivity index (χ2n) is 8.06. The van der Waals surface area contributed by atoms with E-state index in [1.165, 1.54) is 10.8 Å². The summed E-state index contributed by atoms with van der Waals surface area (Å²) in [5, 5.41) is 11.2. The summed E-state index contributed by atoms with van der Waals surface area (Å²) >= 11 is 0. The minimum absolute atomic E-state index is 0.126. The number of benzene rings is 3. The van der Waals surface area contributed by atoms with E-state index < -0.39 is 0 Å². The summed E-state index contributed by atoms with van der Waals surface area (Å²) in [6.07, 6.45) is 2.01. The van der Waals surface area contributed by atoms with E-state index in [0.717, 1.165) is 33.7 Å². The monoisotopic (exact) mass is 435 g/mol.